The maximum absolute atomic E-state index is 12.4. The van der Waals surface area contributed by atoms with Crippen molar-refractivity contribution in [1.82, 2.24) is 4.90 Å². The van der Waals surface area contributed by atoms with Crippen LogP contribution in [0, 0.1) is 25.2 Å². The standard InChI is InChI=1S/C16H20N2O/c1-12-4-5-13(2)14(10-12)11-16(19)18(9-3-8-17)15-6-7-15/h4-5,10,15H,3,6-7,9,11H2,1-2H3. The van der Waals surface area contributed by atoms with E-state index in [0.29, 0.717) is 25.4 Å². The molecule has 0 aliphatic heterocycles. The van der Waals surface area contributed by atoms with Crippen molar-refractivity contribution in [2.24, 2.45) is 0 Å². The fourth-order valence-electron chi connectivity index (χ4n) is 2.32. The van der Waals surface area contributed by atoms with E-state index >= 15 is 0 Å². The molecule has 2 rings (SSSR count). The van der Waals surface area contributed by atoms with Gasteiger partial charge in [-0.3, -0.25) is 4.79 Å². The van der Waals surface area contributed by atoms with Gasteiger partial charge in [-0.2, -0.15) is 5.26 Å². The summed E-state index contributed by atoms with van der Waals surface area (Å²) >= 11 is 0. The van der Waals surface area contributed by atoms with Gasteiger partial charge in [0.05, 0.1) is 18.9 Å². The Morgan fingerprint density at radius 1 is 1.42 bits per heavy atom. The number of hydrogen-bond donors (Lipinski definition) is 0. The van der Waals surface area contributed by atoms with Gasteiger partial charge in [-0.05, 0) is 37.8 Å². The molecule has 1 aliphatic carbocycles. The van der Waals surface area contributed by atoms with Crippen LogP contribution in [0.4, 0.5) is 0 Å². The van der Waals surface area contributed by atoms with Gasteiger partial charge in [0.2, 0.25) is 5.91 Å². The Kier molecular flexibility index (Phi) is 4.21. The van der Waals surface area contributed by atoms with Gasteiger partial charge in [0.25, 0.3) is 0 Å². The highest BCUT2D eigenvalue weighted by Crippen LogP contribution is 2.27. The van der Waals surface area contributed by atoms with Crippen molar-refractivity contribution in [3.63, 3.8) is 0 Å². The third kappa shape index (κ3) is 3.57. The molecule has 1 saturated carbocycles. The first-order valence-corrected chi connectivity index (χ1v) is 6.84. The van der Waals surface area contributed by atoms with Crippen LogP contribution in [-0.4, -0.2) is 23.4 Å². The first-order chi connectivity index (χ1) is 9.11. The van der Waals surface area contributed by atoms with E-state index in [1.165, 1.54) is 5.56 Å². The number of benzene rings is 1. The van der Waals surface area contributed by atoms with Crippen LogP contribution < -0.4 is 0 Å². The van der Waals surface area contributed by atoms with Gasteiger partial charge in [-0.15, -0.1) is 0 Å². The van der Waals surface area contributed by atoms with Crippen LogP contribution in [0.2, 0.25) is 0 Å². The van der Waals surface area contributed by atoms with Crippen LogP contribution >= 0.6 is 0 Å². The predicted octanol–water partition coefficient (Wildman–Crippen LogP) is 2.75. The number of rotatable bonds is 5. The summed E-state index contributed by atoms with van der Waals surface area (Å²) in [6.45, 7) is 4.66. The van der Waals surface area contributed by atoms with Crippen LogP contribution in [0.15, 0.2) is 18.2 Å². The van der Waals surface area contributed by atoms with E-state index in [0.717, 1.165) is 24.0 Å². The Balaban J connectivity index is 2.06. The van der Waals surface area contributed by atoms with Gasteiger partial charge in [-0.1, -0.05) is 23.8 Å². The molecule has 0 atom stereocenters. The summed E-state index contributed by atoms with van der Waals surface area (Å²) in [5, 5.41) is 8.68. The summed E-state index contributed by atoms with van der Waals surface area (Å²) in [4.78, 5) is 14.3. The van der Waals surface area contributed by atoms with Crippen molar-refractivity contribution in [1.29, 1.82) is 5.26 Å². The second-order valence-electron chi connectivity index (χ2n) is 5.33. The fraction of sp³-hybridized carbons (Fsp3) is 0.500. The molecule has 1 fully saturated rings. The molecule has 0 aromatic heterocycles. The Bertz CT molecular complexity index is 512. The smallest absolute Gasteiger partial charge is 0.227 e. The minimum absolute atomic E-state index is 0.159. The van der Waals surface area contributed by atoms with Gasteiger partial charge < -0.3 is 4.90 Å². The Labute approximate surface area is 114 Å². The van der Waals surface area contributed by atoms with Crippen LogP contribution in [0.3, 0.4) is 0 Å². The van der Waals surface area contributed by atoms with Crippen LogP contribution in [-0.2, 0) is 11.2 Å². The van der Waals surface area contributed by atoms with E-state index < -0.39 is 0 Å². The first kappa shape index (κ1) is 13.6. The van der Waals surface area contributed by atoms with Crippen molar-refractivity contribution in [3.8, 4) is 6.07 Å². The zero-order valence-electron chi connectivity index (χ0n) is 11.6. The van der Waals surface area contributed by atoms with Gasteiger partial charge in [-0.25, -0.2) is 0 Å². The summed E-state index contributed by atoms with van der Waals surface area (Å²) in [5.74, 6) is 0.159. The molecule has 1 amide bonds. The molecule has 0 N–H and O–H groups in total. The Morgan fingerprint density at radius 3 is 2.79 bits per heavy atom. The molecular weight excluding hydrogens is 236 g/mol. The predicted molar refractivity (Wildman–Crippen MR) is 74.6 cm³/mol. The number of amides is 1. The highest BCUT2D eigenvalue weighted by atomic mass is 16.2. The van der Waals surface area contributed by atoms with Crippen molar-refractivity contribution < 1.29 is 4.79 Å². The Morgan fingerprint density at radius 2 is 2.16 bits per heavy atom. The van der Waals surface area contributed by atoms with Crippen molar-refractivity contribution >= 4 is 5.91 Å². The summed E-state index contributed by atoms with van der Waals surface area (Å²) in [5.41, 5.74) is 3.45. The third-order valence-electron chi connectivity index (χ3n) is 3.62. The zero-order chi connectivity index (χ0) is 13.8. The average Bonchev–Trinajstić information content (AvgIpc) is 3.19. The van der Waals surface area contributed by atoms with Crippen molar-refractivity contribution in [2.75, 3.05) is 6.54 Å². The molecule has 0 unspecified atom stereocenters. The number of hydrogen-bond acceptors (Lipinski definition) is 2. The second kappa shape index (κ2) is 5.88. The molecule has 0 bridgehead atoms. The quantitative estimate of drug-likeness (QED) is 0.813. The Hall–Kier alpha value is -1.82. The molecule has 100 valence electrons. The van der Waals surface area contributed by atoms with E-state index in [-0.39, 0.29) is 5.91 Å². The molecule has 0 saturated heterocycles. The lowest BCUT2D eigenvalue weighted by molar-refractivity contribution is -0.131. The van der Waals surface area contributed by atoms with E-state index in [2.05, 4.69) is 24.3 Å². The van der Waals surface area contributed by atoms with Crippen molar-refractivity contribution in [2.45, 2.75) is 45.6 Å². The number of nitriles is 1. The summed E-state index contributed by atoms with van der Waals surface area (Å²) < 4.78 is 0. The molecule has 3 heteroatoms. The number of nitrogens with zero attached hydrogens (tertiary/aromatic N) is 2. The summed E-state index contributed by atoms with van der Waals surface area (Å²) in [7, 11) is 0. The summed E-state index contributed by atoms with van der Waals surface area (Å²) in [6.07, 6.45) is 3.05. The third-order valence-corrected chi connectivity index (χ3v) is 3.62. The maximum Gasteiger partial charge on any atom is 0.227 e. The van der Waals surface area contributed by atoms with E-state index in [9.17, 15) is 4.79 Å². The van der Waals surface area contributed by atoms with Crippen LogP contribution in [0.25, 0.3) is 0 Å². The molecule has 1 aromatic carbocycles. The molecule has 3 nitrogen and oxygen atoms in total. The van der Waals surface area contributed by atoms with Gasteiger partial charge in [0.15, 0.2) is 0 Å². The topological polar surface area (TPSA) is 44.1 Å². The van der Waals surface area contributed by atoms with Gasteiger partial charge >= 0.3 is 0 Å². The van der Waals surface area contributed by atoms with Gasteiger partial charge in [0, 0.05) is 12.6 Å². The van der Waals surface area contributed by atoms with E-state index in [1.807, 2.05) is 18.7 Å². The zero-order valence-corrected chi connectivity index (χ0v) is 11.6. The monoisotopic (exact) mass is 256 g/mol. The lowest BCUT2D eigenvalue weighted by atomic mass is 10.0. The lowest BCUT2D eigenvalue weighted by Crippen LogP contribution is -2.35. The van der Waals surface area contributed by atoms with Crippen LogP contribution in [0.5, 0.6) is 0 Å². The second-order valence-corrected chi connectivity index (χ2v) is 5.33. The number of carbonyl (C=O) groups is 1. The molecule has 1 aliphatic rings. The molecule has 0 heterocycles. The molecule has 1 aromatic rings. The van der Waals surface area contributed by atoms with Gasteiger partial charge in [0.1, 0.15) is 0 Å². The number of aryl methyl sites for hydroxylation is 2. The lowest BCUT2D eigenvalue weighted by Gasteiger charge is -2.21. The minimum Gasteiger partial charge on any atom is -0.338 e. The summed E-state index contributed by atoms with van der Waals surface area (Å²) in [6, 6.07) is 8.72. The largest absolute Gasteiger partial charge is 0.338 e. The SMILES string of the molecule is Cc1ccc(C)c(CC(=O)N(CCC#N)C2CC2)c1. The van der Waals surface area contributed by atoms with Crippen molar-refractivity contribution in [3.05, 3.63) is 34.9 Å². The maximum atomic E-state index is 12.4. The normalized spacial score (nSPS) is 13.9. The first-order valence-electron chi connectivity index (χ1n) is 6.84. The molecule has 0 radical (unpaired) electrons. The molecule has 0 spiro atoms. The van der Waals surface area contributed by atoms with E-state index in [1.54, 1.807) is 0 Å². The average molecular weight is 256 g/mol. The molecular formula is C16H20N2O. The molecule has 19 heavy (non-hydrogen) atoms. The van der Waals surface area contributed by atoms with E-state index in [4.69, 9.17) is 5.26 Å². The minimum atomic E-state index is 0.159. The fourth-order valence-corrected chi connectivity index (χ4v) is 2.32. The van der Waals surface area contributed by atoms with Crippen LogP contribution in [0.1, 0.15) is 36.0 Å². The highest BCUT2D eigenvalue weighted by molar-refractivity contribution is 5.79. The highest BCUT2D eigenvalue weighted by Gasteiger charge is 2.32. The number of carbonyl (C=O) groups excluding carboxylic acids is 1.